The van der Waals surface area contributed by atoms with Gasteiger partial charge in [-0.2, -0.15) is 0 Å². The van der Waals surface area contributed by atoms with Crippen molar-refractivity contribution in [3.8, 4) is 11.5 Å². The molecule has 0 bridgehead atoms. The van der Waals surface area contributed by atoms with Gasteiger partial charge in [0.2, 0.25) is 0 Å². The molecule has 0 saturated carbocycles. The first-order chi connectivity index (χ1) is 16.1. The van der Waals surface area contributed by atoms with Gasteiger partial charge < -0.3 is 23.2 Å². The number of benzene rings is 2. The zero-order valence-corrected chi connectivity index (χ0v) is 22.8. The van der Waals surface area contributed by atoms with Gasteiger partial charge in [-0.25, -0.2) is 4.39 Å². The monoisotopic (exact) mass is 604 g/mol. The minimum atomic E-state index is -0.388. The Bertz CT molecular complexity index is 971. The zero-order valence-electron chi connectivity index (χ0n) is 19.5. The lowest BCUT2D eigenvalue weighted by Crippen LogP contribution is -2.38. The Hall–Kier alpha value is -1.97. The molecule has 2 rings (SSSR count). The van der Waals surface area contributed by atoms with Gasteiger partial charge in [-0.1, -0.05) is 32.0 Å². The number of nitrogens with one attached hydrogen (secondary N) is 2. The summed E-state index contributed by atoms with van der Waals surface area (Å²) in [6.45, 7) is 6.09. The van der Waals surface area contributed by atoms with Crippen LogP contribution in [-0.4, -0.2) is 44.2 Å². The normalized spacial score (nSPS) is 12.1. The number of hydrogen-bond acceptors (Lipinski definition) is 5. The van der Waals surface area contributed by atoms with Crippen LogP contribution >= 0.6 is 32.2 Å². The van der Waals surface area contributed by atoms with E-state index in [2.05, 4.69) is 33.7 Å². The van der Waals surface area contributed by atoms with Crippen LogP contribution in [0.15, 0.2) is 42.5 Å². The Balaban J connectivity index is 1.65. The second-order valence-electron chi connectivity index (χ2n) is 8.39. The highest BCUT2D eigenvalue weighted by Crippen LogP contribution is 2.32. The molecule has 0 aliphatic heterocycles. The van der Waals surface area contributed by atoms with Crippen LogP contribution in [0.4, 0.5) is 4.39 Å². The van der Waals surface area contributed by atoms with Gasteiger partial charge in [-0.3, -0.25) is 9.59 Å². The molecule has 0 fully saturated rings. The third-order valence-electron chi connectivity index (χ3n) is 4.90. The molecule has 2 aromatic carbocycles. The summed E-state index contributed by atoms with van der Waals surface area (Å²) >= 11 is 1.76. The highest BCUT2D eigenvalue weighted by Gasteiger charge is 2.15. The van der Waals surface area contributed by atoms with E-state index in [4.69, 9.17) is 12.5 Å². The van der Waals surface area contributed by atoms with Crippen LogP contribution in [0.2, 0.25) is 0 Å². The predicted octanol–water partition coefficient (Wildman–Crippen LogP) is 4.06. The van der Waals surface area contributed by atoms with Gasteiger partial charge in [0.25, 0.3) is 11.8 Å². The number of carbonyl (C=O) groups is 2. The molecule has 2 atom stereocenters. The maximum Gasteiger partial charge on any atom is 0.258 e. The lowest BCUT2D eigenvalue weighted by Gasteiger charge is -2.19. The Morgan fingerprint density at radius 1 is 1.06 bits per heavy atom. The number of ether oxygens (including phenoxy) is 2. The summed E-state index contributed by atoms with van der Waals surface area (Å²) in [5.41, 5.74) is 1.60. The fourth-order valence-corrected chi connectivity index (χ4v) is 3.44. The Kier molecular flexibility index (Phi) is 11.5. The van der Waals surface area contributed by atoms with Gasteiger partial charge in [0, 0.05) is 24.3 Å². The van der Waals surface area contributed by atoms with E-state index in [1.54, 1.807) is 42.1 Å². The molecule has 10 heteroatoms. The maximum atomic E-state index is 13.5. The average Bonchev–Trinajstić information content (AvgIpc) is 2.80. The number of aryl methyl sites for hydroxylation is 1. The fourth-order valence-electron chi connectivity index (χ4n) is 2.83. The summed E-state index contributed by atoms with van der Waals surface area (Å²) in [6.07, 6.45) is 0.193. The number of hydrogen-bond donors (Lipinski definition) is 2. The zero-order chi connectivity index (χ0) is 25.1. The molecule has 2 amide bonds. The van der Waals surface area contributed by atoms with Crippen molar-refractivity contribution in [1.29, 1.82) is 0 Å². The summed E-state index contributed by atoms with van der Waals surface area (Å²) < 4.78 is 29.8. The second kappa shape index (κ2) is 13.8. The number of rotatable bonds is 13. The molecule has 0 spiro atoms. The van der Waals surface area contributed by atoms with Crippen LogP contribution in [0.3, 0.4) is 0 Å². The van der Waals surface area contributed by atoms with E-state index in [0.717, 1.165) is 5.56 Å². The molecule has 186 valence electrons. The molecule has 2 N–H and O–H groups in total. The van der Waals surface area contributed by atoms with E-state index in [-0.39, 0.29) is 54.4 Å². The van der Waals surface area contributed by atoms with Crippen molar-refractivity contribution >= 4 is 44.1 Å². The molecule has 34 heavy (non-hydrogen) atoms. The summed E-state index contributed by atoms with van der Waals surface area (Å²) in [7, 11) is 2.78. The van der Waals surface area contributed by atoms with E-state index in [0.29, 0.717) is 24.3 Å². The van der Waals surface area contributed by atoms with Crippen molar-refractivity contribution in [1.82, 2.24) is 10.6 Å². The van der Waals surface area contributed by atoms with E-state index >= 15 is 0 Å². The summed E-state index contributed by atoms with van der Waals surface area (Å²) in [4.78, 5) is 24.1. The van der Waals surface area contributed by atoms with Crippen LogP contribution in [0.5, 0.6) is 11.5 Å². The molecular weight excluding hydrogens is 573 g/mol. The first-order valence-corrected chi connectivity index (χ1v) is 12.3. The molecule has 0 heterocycles. The summed E-state index contributed by atoms with van der Waals surface area (Å²) in [6, 6.07) is 12.1. The molecule has 0 aliphatic carbocycles. The maximum absolute atomic E-state index is 13.5. The molecule has 0 radical (unpaired) electrons. The predicted molar refractivity (Wildman–Crippen MR) is 141 cm³/mol. The molecule has 0 saturated heterocycles. The van der Waals surface area contributed by atoms with E-state index in [1.165, 1.54) is 6.07 Å². The SMILES string of the molecule is Cc1ccc(OCC(=O)NCC(CCNC(=O)COc2cccc(C(C)(C)P)c2)OI)cc1F. The van der Waals surface area contributed by atoms with Crippen LogP contribution < -0.4 is 20.1 Å². The number of carbonyl (C=O) groups excluding carboxylic acids is 2. The van der Waals surface area contributed by atoms with E-state index in [1.807, 2.05) is 24.3 Å². The van der Waals surface area contributed by atoms with Crippen molar-refractivity contribution in [2.24, 2.45) is 0 Å². The van der Waals surface area contributed by atoms with Crippen molar-refractivity contribution in [3.63, 3.8) is 0 Å². The van der Waals surface area contributed by atoms with Gasteiger partial charge in [0.05, 0.1) is 6.10 Å². The van der Waals surface area contributed by atoms with Crippen LogP contribution in [0.25, 0.3) is 0 Å². The van der Waals surface area contributed by atoms with Gasteiger partial charge in [-0.05, 0) is 42.7 Å². The van der Waals surface area contributed by atoms with E-state index < -0.39 is 0 Å². The molecule has 0 aliphatic rings. The fraction of sp³-hybridized carbons (Fsp3) is 0.417. The summed E-state index contributed by atoms with van der Waals surface area (Å²) in [5, 5.41) is 5.40. The largest absolute Gasteiger partial charge is 0.484 e. The second-order valence-corrected chi connectivity index (χ2v) is 10.3. The van der Waals surface area contributed by atoms with E-state index in [9.17, 15) is 14.0 Å². The lowest BCUT2D eigenvalue weighted by atomic mass is 10.0. The Morgan fingerprint density at radius 3 is 2.32 bits per heavy atom. The first-order valence-electron chi connectivity index (χ1n) is 10.8. The van der Waals surface area contributed by atoms with Gasteiger partial charge in [0.1, 0.15) is 40.3 Å². The van der Waals surface area contributed by atoms with Crippen molar-refractivity contribution in [2.75, 3.05) is 26.3 Å². The molecule has 2 unspecified atom stereocenters. The minimum Gasteiger partial charge on any atom is -0.484 e. The standard InChI is InChI=1S/C24H31FIN2O5P/c1-16-7-8-19(12-21(16)25)32-15-23(30)28-13-20(33-26)9-10-27-22(29)14-31-18-6-4-5-17(11-18)24(2,3)34/h4-8,11-12,20H,9-10,13-15,34H2,1-3H3,(H,27,29)(H,28,30). The Labute approximate surface area is 216 Å². The van der Waals surface area contributed by atoms with Crippen LogP contribution in [0.1, 0.15) is 31.4 Å². The van der Waals surface area contributed by atoms with Crippen molar-refractivity contribution in [2.45, 2.75) is 38.5 Å². The molecular formula is C24H31FIN2O5P. The molecule has 7 nitrogen and oxygen atoms in total. The number of amides is 2. The van der Waals surface area contributed by atoms with Gasteiger partial charge in [-0.15, -0.1) is 9.24 Å². The first kappa shape index (κ1) is 28.3. The minimum absolute atomic E-state index is 0.0871. The third kappa shape index (κ3) is 10.1. The van der Waals surface area contributed by atoms with Crippen LogP contribution in [0, 0.1) is 12.7 Å². The van der Waals surface area contributed by atoms with Gasteiger partial charge in [0.15, 0.2) is 13.2 Å². The highest BCUT2D eigenvalue weighted by molar-refractivity contribution is 14.1. The van der Waals surface area contributed by atoms with Gasteiger partial charge >= 0.3 is 0 Å². The van der Waals surface area contributed by atoms with Crippen molar-refractivity contribution in [3.05, 3.63) is 59.4 Å². The lowest BCUT2D eigenvalue weighted by molar-refractivity contribution is -0.124. The average molecular weight is 604 g/mol. The third-order valence-corrected chi connectivity index (χ3v) is 5.96. The topological polar surface area (TPSA) is 85.9 Å². The quantitative estimate of drug-likeness (QED) is 0.266. The summed E-state index contributed by atoms with van der Waals surface area (Å²) in [5.74, 6) is -0.0663. The Morgan fingerprint density at radius 2 is 1.71 bits per heavy atom. The molecule has 2 aromatic rings. The van der Waals surface area contributed by atoms with Crippen LogP contribution in [-0.2, 0) is 17.8 Å². The highest BCUT2D eigenvalue weighted by atomic mass is 127. The number of halogens is 2. The molecule has 0 aromatic heterocycles. The smallest absolute Gasteiger partial charge is 0.258 e. The van der Waals surface area contributed by atoms with Crippen molar-refractivity contribution < 1.29 is 26.5 Å².